The average Bonchev–Trinajstić information content (AvgIpc) is 3.67. The molecule has 2 aromatic heterocycles. The third kappa shape index (κ3) is 5.62. The second kappa shape index (κ2) is 11.2. The van der Waals surface area contributed by atoms with Crippen LogP contribution in [0.5, 0.6) is 5.75 Å². The normalized spacial score (nSPS) is 17.3. The number of carboxylic acids is 1. The van der Waals surface area contributed by atoms with Gasteiger partial charge < -0.3 is 14.6 Å². The first-order valence-corrected chi connectivity index (χ1v) is 13.7. The maximum atomic E-state index is 13.8. The molecule has 1 fully saturated rings. The molecule has 1 saturated heterocycles. The van der Waals surface area contributed by atoms with Crippen molar-refractivity contribution >= 4 is 5.97 Å². The van der Waals surface area contributed by atoms with Gasteiger partial charge in [0.15, 0.2) is 11.5 Å². The van der Waals surface area contributed by atoms with E-state index >= 15 is 0 Å². The van der Waals surface area contributed by atoms with Crippen LogP contribution in [0.1, 0.15) is 44.7 Å². The van der Waals surface area contributed by atoms with Gasteiger partial charge in [0.2, 0.25) is 0 Å². The SMILES string of the molecule is Cc1ccc(OCc2ccc3c(c2)CCN(C2CCOC2)C3)c(-c2cccc(-n3ncc(C(=O)O)c3C(F)(F)F)n2)c1. The van der Waals surface area contributed by atoms with Crippen molar-refractivity contribution in [3.05, 3.63) is 94.3 Å². The van der Waals surface area contributed by atoms with Crippen molar-refractivity contribution in [3.8, 4) is 22.8 Å². The molecule has 218 valence electrons. The van der Waals surface area contributed by atoms with Gasteiger partial charge in [-0.25, -0.2) is 14.5 Å². The van der Waals surface area contributed by atoms with Crippen LogP contribution < -0.4 is 4.74 Å². The predicted molar refractivity (Wildman–Crippen MR) is 148 cm³/mol. The quantitative estimate of drug-likeness (QED) is 0.302. The summed E-state index contributed by atoms with van der Waals surface area (Å²) in [5.41, 5.74) is 3.19. The van der Waals surface area contributed by atoms with E-state index in [-0.39, 0.29) is 5.82 Å². The van der Waals surface area contributed by atoms with Gasteiger partial charge in [-0.05, 0) is 60.7 Å². The van der Waals surface area contributed by atoms with Crippen molar-refractivity contribution in [2.45, 2.75) is 45.1 Å². The van der Waals surface area contributed by atoms with Crippen LogP contribution in [0.15, 0.2) is 60.8 Å². The highest BCUT2D eigenvalue weighted by molar-refractivity contribution is 5.89. The summed E-state index contributed by atoms with van der Waals surface area (Å²) in [5, 5.41) is 13.0. The summed E-state index contributed by atoms with van der Waals surface area (Å²) in [6, 6.07) is 17.0. The molecule has 0 bridgehead atoms. The molecule has 0 spiro atoms. The lowest BCUT2D eigenvalue weighted by Gasteiger charge is -2.33. The first kappa shape index (κ1) is 27.9. The Morgan fingerprint density at radius 2 is 2.00 bits per heavy atom. The van der Waals surface area contributed by atoms with Crippen molar-refractivity contribution in [2.75, 3.05) is 19.8 Å². The van der Waals surface area contributed by atoms with E-state index in [4.69, 9.17) is 9.47 Å². The molecular weight excluding hydrogens is 549 g/mol. The standard InChI is InChI=1S/C31H29F3N4O4/c1-19-5-8-27(42-17-20-6-7-22-16-37(11-9-21(22)14-20)23-10-12-41-18-23)24(13-19)26-3-2-4-28(36-26)38-29(31(32,33)34)25(15-35-38)30(39)40/h2-8,13-15,23H,9-12,16-18H2,1H3,(H,39,40). The number of aromatic nitrogens is 3. The first-order valence-electron chi connectivity index (χ1n) is 13.7. The summed E-state index contributed by atoms with van der Waals surface area (Å²) in [7, 11) is 0. The predicted octanol–water partition coefficient (Wildman–Crippen LogP) is 5.69. The van der Waals surface area contributed by atoms with E-state index in [1.165, 1.54) is 17.2 Å². The number of nitrogens with zero attached hydrogens (tertiary/aromatic N) is 4. The zero-order chi connectivity index (χ0) is 29.4. The number of halogens is 3. The zero-order valence-corrected chi connectivity index (χ0v) is 22.9. The van der Waals surface area contributed by atoms with Crippen LogP contribution in [0.25, 0.3) is 17.1 Å². The minimum Gasteiger partial charge on any atom is -0.488 e. The molecule has 6 rings (SSSR count). The number of aromatic carboxylic acids is 1. The van der Waals surface area contributed by atoms with Crippen molar-refractivity contribution in [2.24, 2.45) is 0 Å². The topological polar surface area (TPSA) is 89.7 Å². The van der Waals surface area contributed by atoms with Gasteiger partial charge in [-0.2, -0.15) is 18.3 Å². The molecule has 1 atom stereocenters. The molecule has 42 heavy (non-hydrogen) atoms. The summed E-state index contributed by atoms with van der Waals surface area (Å²) in [6.07, 6.45) is -2.23. The molecule has 2 aliphatic heterocycles. The maximum Gasteiger partial charge on any atom is 0.434 e. The van der Waals surface area contributed by atoms with Crippen LogP contribution in [0.4, 0.5) is 13.2 Å². The molecule has 0 saturated carbocycles. The Labute approximate surface area is 240 Å². The van der Waals surface area contributed by atoms with E-state index in [0.717, 1.165) is 50.3 Å². The molecule has 0 aliphatic carbocycles. The third-order valence-corrected chi connectivity index (χ3v) is 7.76. The highest BCUT2D eigenvalue weighted by atomic mass is 19.4. The number of hydrogen-bond donors (Lipinski definition) is 1. The van der Waals surface area contributed by atoms with Crippen molar-refractivity contribution in [3.63, 3.8) is 0 Å². The second-order valence-electron chi connectivity index (χ2n) is 10.6. The second-order valence-corrected chi connectivity index (χ2v) is 10.6. The smallest absolute Gasteiger partial charge is 0.434 e. The van der Waals surface area contributed by atoms with Crippen LogP contribution >= 0.6 is 0 Å². The maximum absolute atomic E-state index is 13.8. The van der Waals surface area contributed by atoms with Crippen molar-refractivity contribution in [1.82, 2.24) is 19.7 Å². The molecule has 11 heteroatoms. The molecule has 0 radical (unpaired) electrons. The van der Waals surface area contributed by atoms with Gasteiger partial charge in [0, 0.05) is 31.3 Å². The number of ether oxygens (including phenoxy) is 2. The molecule has 2 aromatic carbocycles. The number of rotatable bonds is 7. The zero-order valence-electron chi connectivity index (χ0n) is 22.9. The summed E-state index contributed by atoms with van der Waals surface area (Å²) < 4.78 is 53.7. The van der Waals surface area contributed by atoms with Crippen molar-refractivity contribution in [1.29, 1.82) is 0 Å². The highest BCUT2D eigenvalue weighted by Crippen LogP contribution is 2.35. The lowest BCUT2D eigenvalue weighted by Crippen LogP contribution is -2.39. The lowest BCUT2D eigenvalue weighted by atomic mass is 9.96. The van der Waals surface area contributed by atoms with Crippen LogP contribution in [0, 0.1) is 6.92 Å². The van der Waals surface area contributed by atoms with Gasteiger partial charge >= 0.3 is 12.1 Å². The number of carbonyl (C=O) groups is 1. The number of benzene rings is 2. The summed E-state index contributed by atoms with van der Waals surface area (Å²) >= 11 is 0. The Bertz CT molecular complexity index is 1630. The van der Waals surface area contributed by atoms with Crippen LogP contribution in [0.2, 0.25) is 0 Å². The van der Waals surface area contributed by atoms with Crippen molar-refractivity contribution < 1.29 is 32.5 Å². The summed E-state index contributed by atoms with van der Waals surface area (Å²) in [4.78, 5) is 18.3. The Balaban J connectivity index is 1.25. The Morgan fingerprint density at radius 3 is 2.76 bits per heavy atom. The fourth-order valence-electron chi connectivity index (χ4n) is 5.61. The number of aryl methyl sites for hydroxylation is 1. The van der Waals surface area contributed by atoms with E-state index in [9.17, 15) is 23.1 Å². The summed E-state index contributed by atoms with van der Waals surface area (Å²) in [6.45, 7) is 5.74. The van der Waals surface area contributed by atoms with E-state index in [0.29, 0.717) is 40.5 Å². The van der Waals surface area contributed by atoms with E-state index in [1.807, 2.05) is 25.1 Å². The molecule has 8 nitrogen and oxygen atoms in total. The summed E-state index contributed by atoms with van der Waals surface area (Å²) in [5.74, 6) is -1.35. The minimum atomic E-state index is -4.95. The lowest BCUT2D eigenvalue weighted by molar-refractivity contribution is -0.143. The van der Waals surface area contributed by atoms with Gasteiger partial charge in [0.05, 0.1) is 18.5 Å². The Kier molecular flexibility index (Phi) is 7.46. The molecule has 4 heterocycles. The number of hydrogen-bond acceptors (Lipinski definition) is 6. The number of fused-ring (bicyclic) bond motifs is 1. The highest BCUT2D eigenvalue weighted by Gasteiger charge is 2.41. The molecule has 0 amide bonds. The average molecular weight is 579 g/mol. The van der Waals surface area contributed by atoms with Crippen LogP contribution in [-0.4, -0.2) is 56.5 Å². The number of alkyl halides is 3. The fraction of sp³-hybridized carbons (Fsp3) is 0.323. The molecule has 4 aromatic rings. The minimum absolute atomic E-state index is 0.160. The van der Waals surface area contributed by atoms with Gasteiger partial charge in [-0.3, -0.25) is 4.90 Å². The molecular formula is C31H29F3N4O4. The molecule has 1 unspecified atom stereocenters. The third-order valence-electron chi connectivity index (χ3n) is 7.76. The van der Waals surface area contributed by atoms with Crippen LogP contribution in [-0.2, 0) is 30.5 Å². The fourth-order valence-corrected chi connectivity index (χ4v) is 5.61. The van der Waals surface area contributed by atoms with Gasteiger partial charge in [-0.1, -0.05) is 35.9 Å². The van der Waals surface area contributed by atoms with E-state index in [2.05, 4.69) is 33.2 Å². The monoisotopic (exact) mass is 578 g/mol. The van der Waals surface area contributed by atoms with E-state index < -0.39 is 23.4 Å². The van der Waals surface area contributed by atoms with Crippen LogP contribution in [0.3, 0.4) is 0 Å². The van der Waals surface area contributed by atoms with Gasteiger partial charge in [0.1, 0.15) is 17.9 Å². The number of pyridine rings is 1. The van der Waals surface area contributed by atoms with E-state index in [1.54, 1.807) is 12.1 Å². The Morgan fingerprint density at radius 1 is 1.14 bits per heavy atom. The van der Waals surface area contributed by atoms with Gasteiger partial charge in [0.25, 0.3) is 0 Å². The first-order chi connectivity index (χ1) is 20.2. The molecule has 1 N–H and O–H groups in total. The largest absolute Gasteiger partial charge is 0.488 e. The van der Waals surface area contributed by atoms with Gasteiger partial charge in [-0.15, -0.1) is 0 Å². The number of carboxylic acid groups (broad SMARTS) is 1. The molecule has 2 aliphatic rings. The Hall–Kier alpha value is -4.22.